The summed E-state index contributed by atoms with van der Waals surface area (Å²) in [5.74, 6) is -0.0820. The van der Waals surface area contributed by atoms with E-state index in [2.05, 4.69) is 5.32 Å². The van der Waals surface area contributed by atoms with Crippen LogP contribution in [-0.4, -0.2) is 49.9 Å². The van der Waals surface area contributed by atoms with Gasteiger partial charge >= 0.3 is 0 Å². The second-order valence-electron chi connectivity index (χ2n) is 6.99. The van der Waals surface area contributed by atoms with Crippen LogP contribution in [0.3, 0.4) is 0 Å². The van der Waals surface area contributed by atoms with Crippen LogP contribution in [0.25, 0.3) is 0 Å². The normalized spacial score (nSPS) is 14.7. The maximum Gasteiger partial charge on any atom is 0.253 e. The Hall–Kier alpha value is -2.53. The molecule has 1 heterocycles. The van der Waals surface area contributed by atoms with Gasteiger partial charge in [0.15, 0.2) is 0 Å². The van der Waals surface area contributed by atoms with E-state index in [0.29, 0.717) is 29.2 Å². The Balaban J connectivity index is 1.53. The summed E-state index contributed by atoms with van der Waals surface area (Å²) in [4.78, 5) is 28.9. The molecule has 1 N–H and O–H groups in total. The Morgan fingerprint density at radius 3 is 2.30 bits per heavy atom. The number of likely N-dealkylation sites (tertiary alicyclic amines) is 1. The van der Waals surface area contributed by atoms with E-state index < -0.39 is 0 Å². The molecule has 27 heavy (non-hydrogen) atoms. The number of hydrogen-bond donors (Lipinski definition) is 1. The number of nitrogens with one attached hydrogen (secondary N) is 1. The van der Waals surface area contributed by atoms with Gasteiger partial charge in [-0.2, -0.15) is 0 Å². The molecule has 0 bridgehead atoms. The summed E-state index contributed by atoms with van der Waals surface area (Å²) >= 11 is 5.94. The Morgan fingerprint density at radius 2 is 1.70 bits per heavy atom. The highest BCUT2D eigenvalue weighted by molar-refractivity contribution is 6.30. The van der Waals surface area contributed by atoms with Crippen molar-refractivity contribution in [3.63, 3.8) is 0 Å². The van der Waals surface area contributed by atoms with Gasteiger partial charge in [-0.15, -0.1) is 0 Å². The maximum atomic E-state index is 12.7. The first-order chi connectivity index (χ1) is 12.9. The van der Waals surface area contributed by atoms with Crippen LogP contribution in [-0.2, 0) is 0 Å². The zero-order chi connectivity index (χ0) is 19.4. The van der Waals surface area contributed by atoms with Crippen molar-refractivity contribution in [3.8, 4) is 0 Å². The standard InChI is InChI=1S/C21H24ClN3O2/c1-24(2)19-8-6-15(7-9-19)21(27)25-12-10-18(11-13-25)23-20(26)16-4-3-5-17(22)14-16/h3-9,14,18H,10-13H2,1-2H3,(H,23,26). The summed E-state index contributed by atoms with van der Waals surface area (Å²) in [6, 6.07) is 14.6. The number of halogens is 1. The van der Waals surface area contributed by atoms with Crippen molar-refractivity contribution in [3.05, 3.63) is 64.7 Å². The molecular weight excluding hydrogens is 362 g/mol. The van der Waals surface area contributed by atoms with Crippen LogP contribution >= 0.6 is 11.6 Å². The molecule has 1 aliphatic heterocycles. The Morgan fingerprint density at radius 1 is 1.04 bits per heavy atom. The van der Waals surface area contributed by atoms with E-state index in [-0.39, 0.29) is 17.9 Å². The molecule has 142 valence electrons. The van der Waals surface area contributed by atoms with Crippen molar-refractivity contribution in [2.75, 3.05) is 32.1 Å². The number of hydrogen-bond acceptors (Lipinski definition) is 3. The Bertz CT molecular complexity index is 812. The van der Waals surface area contributed by atoms with E-state index in [1.807, 2.05) is 48.2 Å². The average Bonchev–Trinajstić information content (AvgIpc) is 2.68. The highest BCUT2D eigenvalue weighted by Crippen LogP contribution is 2.18. The summed E-state index contributed by atoms with van der Waals surface area (Å²) in [6.45, 7) is 1.27. The molecule has 2 amide bonds. The first kappa shape index (κ1) is 19.2. The van der Waals surface area contributed by atoms with Crippen molar-refractivity contribution in [2.45, 2.75) is 18.9 Å². The lowest BCUT2D eigenvalue weighted by Gasteiger charge is -2.32. The summed E-state index contributed by atoms with van der Waals surface area (Å²) in [5, 5.41) is 3.59. The van der Waals surface area contributed by atoms with E-state index >= 15 is 0 Å². The van der Waals surface area contributed by atoms with Crippen molar-refractivity contribution in [2.24, 2.45) is 0 Å². The molecule has 0 spiro atoms. The molecule has 2 aromatic rings. The molecule has 0 aromatic heterocycles. The van der Waals surface area contributed by atoms with Crippen LogP contribution in [0.2, 0.25) is 5.02 Å². The molecule has 3 rings (SSSR count). The van der Waals surface area contributed by atoms with Crippen LogP contribution in [0.4, 0.5) is 5.69 Å². The second kappa shape index (κ2) is 8.44. The first-order valence-electron chi connectivity index (χ1n) is 9.07. The predicted octanol–water partition coefficient (Wildman–Crippen LogP) is 3.44. The molecule has 1 fully saturated rings. The van der Waals surface area contributed by atoms with Crippen molar-refractivity contribution >= 4 is 29.1 Å². The molecule has 5 nitrogen and oxygen atoms in total. The van der Waals surface area contributed by atoms with Gasteiger partial charge in [-0.05, 0) is 55.3 Å². The zero-order valence-corrected chi connectivity index (χ0v) is 16.4. The van der Waals surface area contributed by atoms with E-state index in [1.54, 1.807) is 24.3 Å². The van der Waals surface area contributed by atoms with Crippen molar-refractivity contribution in [1.82, 2.24) is 10.2 Å². The minimum Gasteiger partial charge on any atom is -0.378 e. The highest BCUT2D eigenvalue weighted by atomic mass is 35.5. The Kier molecular flexibility index (Phi) is 6.01. The van der Waals surface area contributed by atoms with Crippen molar-refractivity contribution < 1.29 is 9.59 Å². The number of nitrogens with zero attached hydrogens (tertiary/aromatic N) is 2. The number of carbonyl (C=O) groups excluding carboxylic acids is 2. The molecular formula is C21H24ClN3O2. The SMILES string of the molecule is CN(C)c1ccc(C(=O)N2CCC(NC(=O)c3cccc(Cl)c3)CC2)cc1. The van der Waals surface area contributed by atoms with Gasteiger partial charge in [0.2, 0.25) is 0 Å². The predicted molar refractivity (Wildman–Crippen MR) is 109 cm³/mol. The van der Waals surface area contributed by atoms with Crippen LogP contribution in [0, 0.1) is 0 Å². The number of amides is 2. The molecule has 0 aliphatic carbocycles. The third-order valence-corrected chi connectivity index (χ3v) is 5.07. The van der Waals surface area contributed by atoms with Gasteiger partial charge in [0.25, 0.3) is 11.8 Å². The quantitative estimate of drug-likeness (QED) is 0.877. The lowest BCUT2D eigenvalue weighted by molar-refractivity contribution is 0.0698. The summed E-state index contributed by atoms with van der Waals surface area (Å²) < 4.78 is 0. The topological polar surface area (TPSA) is 52.7 Å². The minimum absolute atomic E-state index is 0.0416. The van der Waals surface area contributed by atoms with Crippen LogP contribution in [0.1, 0.15) is 33.6 Å². The molecule has 2 aromatic carbocycles. The first-order valence-corrected chi connectivity index (χ1v) is 9.45. The molecule has 1 saturated heterocycles. The zero-order valence-electron chi connectivity index (χ0n) is 15.6. The van der Waals surface area contributed by atoms with Gasteiger partial charge in [-0.1, -0.05) is 17.7 Å². The van der Waals surface area contributed by atoms with Gasteiger partial charge in [-0.3, -0.25) is 9.59 Å². The molecule has 0 radical (unpaired) electrons. The average molecular weight is 386 g/mol. The van der Waals surface area contributed by atoms with E-state index in [9.17, 15) is 9.59 Å². The maximum absolute atomic E-state index is 12.7. The summed E-state index contributed by atoms with van der Waals surface area (Å²) in [5.41, 5.74) is 2.32. The number of rotatable bonds is 4. The Labute approximate surface area is 164 Å². The van der Waals surface area contributed by atoms with Crippen LogP contribution in [0.5, 0.6) is 0 Å². The van der Waals surface area contributed by atoms with Gasteiger partial charge in [0.1, 0.15) is 0 Å². The van der Waals surface area contributed by atoms with E-state index in [1.165, 1.54) is 0 Å². The molecule has 0 atom stereocenters. The fourth-order valence-corrected chi connectivity index (χ4v) is 3.40. The van der Waals surface area contributed by atoms with Gasteiger partial charge < -0.3 is 15.1 Å². The van der Waals surface area contributed by atoms with Gasteiger partial charge in [-0.25, -0.2) is 0 Å². The van der Waals surface area contributed by atoms with Gasteiger partial charge in [0.05, 0.1) is 0 Å². The fraction of sp³-hybridized carbons (Fsp3) is 0.333. The highest BCUT2D eigenvalue weighted by Gasteiger charge is 2.25. The molecule has 0 saturated carbocycles. The number of carbonyl (C=O) groups is 2. The lowest BCUT2D eigenvalue weighted by atomic mass is 10.0. The molecule has 1 aliphatic rings. The minimum atomic E-state index is -0.124. The van der Waals surface area contributed by atoms with Crippen LogP contribution < -0.4 is 10.2 Å². The summed E-state index contributed by atoms with van der Waals surface area (Å²) in [7, 11) is 3.94. The number of piperidine rings is 1. The molecule has 6 heteroatoms. The smallest absolute Gasteiger partial charge is 0.253 e. The lowest BCUT2D eigenvalue weighted by Crippen LogP contribution is -2.46. The molecule has 0 unspecified atom stereocenters. The van der Waals surface area contributed by atoms with Crippen LogP contribution in [0.15, 0.2) is 48.5 Å². The third kappa shape index (κ3) is 4.80. The number of anilines is 1. The monoisotopic (exact) mass is 385 g/mol. The number of benzene rings is 2. The fourth-order valence-electron chi connectivity index (χ4n) is 3.21. The second-order valence-corrected chi connectivity index (χ2v) is 7.43. The third-order valence-electron chi connectivity index (χ3n) is 4.83. The summed E-state index contributed by atoms with van der Waals surface area (Å²) in [6.07, 6.45) is 1.49. The van der Waals surface area contributed by atoms with E-state index in [4.69, 9.17) is 11.6 Å². The van der Waals surface area contributed by atoms with E-state index in [0.717, 1.165) is 18.5 Å². The van der Waals surface area contributed by atoms with Gasteiger partial charge in [0, 0.05) is 55.1 Å². The largest absolute Gasteiger partial charge is 0.378 e. The van der Waals surface area contributed by atoms with Crippen molar-refractivity contribution in [1.29, 1.82) is 0 Å².